The summed E-state index contributed by atoms with van der Waals surface area (Å²) in [7, 11) is 3.88. The van der Waals surface area contributed by atoms with Crippen molar-refractivity contribution >= 4 is 0 Å². The standard InChI is InChI=1S/C10H24N2O/c1-4-10(11)6-8-12(2)7-5-9-13-3/h10H,4-9,11H2,1-3H3. The molecule has 1 unspecified atom stereocenters. The molecule has 0 saturated carbocycles. The van der Waals surface area contributed by atoms with Crippen LogP contribution in [0.15, 0.2) is 0 Å². The second-order valence-electron chi connectivity index (χ2n) is 3.61. The molecule has 3 nitrogen and oxygen atoms in total. The molecule has 0 rings (SSSR count). The number of nitrogens with two attached hydrogens (primary N) is 1. The molecule has 0 saturated heterocycles. The van der Waals surface area contributed by atoms with Crippen LogP contribution in [0.4, 0.5) is 0 Å². The summed E-state index contributed by atoms with van der Waals surface area (Å²) in [6, 6.07) is 0.366. The number of hydrogen-bond acceptors (Lipinski definition) is 3. The third kappa shape index (κ3) is 8.22. The van der Waals surface area contributed by atoms with E-state index in [1.807, 2.05) is 0 Å². The monoisotopic (exact) mass is 188 g/mol. The molecular weight excluding hydrogens is 164 g/mol. The Hall–Kier alpha value is -0.120. The molecule has 0 aliphatic rings. The van der Waals surface area contributed by atoms with Gasteiger partial charge in [-0.15, -0.1) is 0 Å². The van der Waals surface area contributed by atoms with Crippen LogP contribution in [0.3, 0.4) is 0 Å². The lowest BCUT2D eigenvalue weighted by Gasteiger charge is -2.18. The van der Waals surface area contributed by atoms with Crippen LogP contribution in [0.5, 0.6) is 0 Å². The molecular formula is C10H24N2O. The molecule has 13 heavy (non-hydrogen) atoms. The van der Waals surface area contributed by atoms with Crippen LogP contribution in [0.2, 0.25) is 0 Å². The first-order valence-corrected chi connectivity index (χ1v) is 5.13. The van der Waals surface area contributed by atoms with Crippen molar-refractivity contribution in [3.8, 4) is 0 Å². The fraction of sp³-hybridized carbons (Fsp3) is 1.00. The van der Waals surface area contributed by atoms with Crippen LogP contribution in [0, 0.1) is 0 Å². The van der Waals surface area contributed by atoms with Gasteiger partial charge >= 0.3 is 0 Å². The zero-order valence-corrected chi connectivity index (χ0v) is 9.25. The minimum atomic E-state index is 0.366. The van der Waals surface area contributed by atoms with Crippen LogP contribution in [-0.2, 0) is 4.74 Å². The van der Waals surface area contributed by atoms with E-state index in [2.05, 4.69) is 18.9 Å². The minimum Gasteiger partial charge on any atom is -0.385 e. The molecule has 1 atom stereocenters. The van der Waals surface area contributed by atoms with Gasteiger partial charge in [0.1, 0.15) is 0 Å². The zero-order chi connectivity index (χ0) is 10.1. The van der Waals surface area contributed by atoms with Gasteiger partial charge in [0.05, 0.1) is 0 Å². The lowest BCUT2D eigenvalue weighted by Crippen LogP contribution is -2.28. The third-order valence-electron chi connectivity index (χ3n) is 2.29. The van der Waals surface area contributed by atoms with E-state index in [0.29, 0.717) is 6.04 Å². The summed E-state index contributed by atoms with van der Waals surface area (Å²) in [4.78, 5) is 2.31. The maximum absolute atomic E-state index is 5.82. The van der Waals surface area contributed by atoms with Crippen LogP contribution in [0.1, 0.15) is 26.2 Å². The van der Waals surface area contributed by atoms with Crippen molar-refractivity contribution in [2.75, 3.05) is 33.9 Å². The lowest BCUT2D eigenvalue weighted by atomic mass is 10.1. The maximum atomic E-state index is 5.82. The lowest BCUT2D eigenvalue weighted by molar-refractivity contribution is 0.178. The Morgan fingerprint density at radius 1 is 1.38 bits per heavy atom. The van der Waals surface area contributed by atoms with Crippen molar-refractivity contribution in [3.63, 3.8) is 0 Å². The summed E-state index contributed by atoms with van der Waals surface area (Å²) in [5, 5.41) is 0. The summed E-state index contributed by atoms with van der Waals surface area (Å²) < 4.78 is 4.99. The summed E-state index contributed by atoms with van der Waals surface area (Å²) >= 11 is 0. The van der Waals surface area contributed by atoms with Gasteiger partial charge in [-0.05, 0) is 32.9 Å². The summed E-state index contributed by atoms with van der Waals surface area (Å²) in [6.07, 6.45) is 3.28. The molecule has 0 aromatic rings. The van der Waals surface area contributed by atoms with Crippen molar-refractivity contribution in [1.82, 2.24) is 4.90 Å². The van der Waals surface area contributed by atoms with Gasteiger partial charge in [0.15, 0.2) is 0 Å². The SMILES string of the molecule is CCC(N)CCN(C)CCCOC. The molecule has 0 heterocycles. The van der Waals surface area contributed by atoms with E-state index in [1.54, 1.807) is 7.11 Å². The molecule has 2 N–H and O–H groups in total. The van der Waals surface area contributed by atoms with Crippen molar-refractivity contribution in [2.24, 2.45) is 5.73 Å². The predicted octanol–water partition coefficient (Wildman–Crippen LogP) is 1.08. The van der Waals surface area contributed by atoms with E-state index < -0.39 is 0 Å². The highest BCUT2D eigenvalue weighted by Gasteiger charge is 2.02. The minimum absolute atomic E-state index is 0.366. The van der Waals surface area contributed by atoms with Gasteiger partial charge in [0.2, 0.25) is 0 Å². The largest absolute Gasteiger partial charge is 0.385 e. The van der Waals surface area contributed by atoms with Gasteiger partial charge in [0, 0.05) is 26.3 Å². The number of methoxy groups -OCH3 is 1. The van der Waals surface area contributed by atoms with E-state index in [1.165, 1.54) is 0 Å². The fourth-order valence-corrected chi connectivity index (χ4v) is 1.18. The average molecular weight is 188 g/mol. The first-order chi connectivity index (χ1) is 6.20. The molecule has 0 aromatic carbocycles. The molecule has 0 amide bonds. The Morgan fingerprint density at radius 2 is 2.08 bits per heavy atom. The average Bonchev–Trinajstić information content (AvgIpc) is 2.14. The molecule has 80 valence electrons. The smallest absolute Gasteiger partial charge is 0.0474 e. The molecule has 0 radical (unpaired) electrons. The topological polar surface area (TPSA) is 38.5 Å². The van der Waals surface area contributed by atoms with Crippen molar-refractivity contribution < 1.29 is 4.74 Å². The van der Waals surface area contributed by atoms with Gasteiger partial charge in [-0.1, -0.05) is 6.92 Å². The highest BCUT2D eigenvalue weighted by Crippen LogP contribution is 1.96. The summed E-state index contributed by atoms with van der Waals surface area (Å²) in [6.45, 7) is 5.18. The van der Waals surface area contributed by atoms with Crippen molar-refractivity contribution in [2.45, 2.75) is 32.2 Å². The van der Waals surface area contributed by atoms with E-state index in [4.69, 9.17) is 10.5 Å². The molecule has 0 spiro atoms. The predicted molar refractivity (Wildman–Crippen MR) is 56.9 cm³/mol. The zero-order valence-electron chi connectivity index (χ0n) is 9.25. The maximum Gasteiger partial charge on any atom is 0.0474 e. The Balaban J connectivity index is 3.24. The second kappa shape index (κ2) is 8.48. The summed E-state index contributed by atoms with van der Waals surface area (Å²) in [5.74, 6) is 0. The first-order valence-electron chi connectivity index (χ1n) is 5.13. The van der Waals surface area contributed by atoms with Gasteiger partial charge in [-0.25, -0.2) is 0 Å². The summed E-state index contributed by atoms with van der Waals surface area (Å²) in [5.41, 5.74) is 5.82. The van der Waals surface area contributed by atoms with E-state index >= 15 is 0 Å². The van der Waals surface area contributed by atoms with E-state index in [0.717, 1.165) is 39.0 Å². The van der Waals surface area contributed by atoms with Crippen molar-refractivity contribution in [3.05, 3.63) is 0 Å². The third-order valence-corrected chi connectivity index (χ3v) is 2.29. The number of hydrogen-bond donors (Lipinski definition) is 1. The Kier molecular flexibility index (Phi) is 8.40. The van der Waals surface area contributed by atoms with Crippen molar-refractivity contribution in [1.29, 1.82) is 0 Å². The van der Waals surface area contributed by atoms with E-state index in [9.17, 15) is 0 Å². The van der Waals surface area contributed by atoms with Gasteiger partial charge in [-0.3, -0.25) is 0 Å². The van der Waals surface area contributed by atoms with Crippen LogP contribution < -0.4 is 5.73 Å². The Bertz CT molecular complexity index is 109. The van der Waals surface area contributed by atoms with Gasteiger partial charge in [-0.2, -0.15) is 0 Å². The second-order valence-corrected chi connectivity index (χ2v) is 3.61. The molecule has 0 bridgehead atoms. The molecule has 0 fully saturated rings. The van der Waals surface area contributed by atoms with Crippen LogP contribution in [0.25, 0.3) is 0 Å². The Labute approximate surface area is 82.2 Å². The molecule has 0 aliphatic heterocycles. The first kappa shape index (κ1) is 12.9. The highest BCUT2D eigenvalue weighted by molar-refractivity contribution is 4.61. The Morgan fingerprint density at radius 3 is 2.62 bits per heavy atom. The normalized spacial score (nSPS) is 13.6. The van der Waals surface area contributed by atoms with E-state index in [-0.39, 0.29) is 0 Å². The van der Waals surface area contributed by atoms with Crippen LogP contribution in [-0.4, -0.2) is 44.8 Å². The molecule has 0 aliphatic carbocycles. The molecule has 3 heteroatoms. The fourth-order valence-electron chi connectivity index (χ4n) is 1.18. The number of ether oxygens (including phenoxy) is 1. The van der Waals surface area contributed by atoms with Gasteiger partial charge in [0.25, 0.3) is 0 Å². The van der Waals surface area contributed by atoms with Gasteiger partial charge < -0.3 is 15.4 Å². The number of rotatable bonds is 8. The quantitative estimate of drug-likeness (QED) is 0.579. The number of nitrogens with zero attached hydrogens (tertiary/aromatic N) is 1. The highest BCUT2D eigenvalue weighted by atomic mass is 16.5. The van der Waals surface area contributed by atoms with Crippen LogP contribution >= 0.6 is 0 Å². The molecule has 0 aromatic heterocycles.